The standard InChI is InChI=1S/C25H38N4O5/c1-14(2)27-22(31)21(18-12-15(3)8-9-16(18)4)29(17-10-11-17)23(32)19(13-20(26)30)28-24(33)34-25(5,6)7/h8-9,12,14,17,19,21H,10-11,13H2,1-7H3,(H2,26,30)(H,27,31)(H,28,33). The zero-order chi connectivity index (χ0) is 25.8. The minimum Gasteiger partial charge on any atom is -0.444 e. The molecule has 1 aromatic carbocycles. The van der Waals surface area contributed by atoms with Crippen LogP contribution in [0.3, 0.4) is 0 Å². The summed E-state index contributed by atoms with van der Waals surface area (Å²) < 4.78 is 5.28. The molecule has 4 N–H and O–H groups in total. The molecule has 0 aliphatic heterocycles. The number of hydrogen-bond donors (Lipinski definition) is 3. The third-order valence-corrected chi connectivity index (χ3v) is 5.28. The third kappa shape index (κ3) is 7.74. The number of nitrogens with one attached hydrogen (secondary N) is 2. The monoisotopic (exact) mass is 474 g/mol. The van der Waals surface area contributed by atoms with Gasteiger partial charge in [-0.25, -0.2) is 4.79 Å². The van der Waals surface area contributed by atoms with Crippen LogP contribution in [0.5, 0.6) is 0 Å². The number of carbonyl (C=O) groups excluding carboxylic acids is 4. The van der Waals surface area contributed by atoms with Gasteiger partial charge >= 0.3 is 6.09 Å². The Morgan fingerprint density at radius 1 is 1.12 bits per heavy atom. The number of hydrogen-bond acceptors (Lipinski definition) is 5. The van der Waals surface area contributed by atoms with Gasteiger partial charge in [-0.05, 0) is 72.4 Å². The average molecular weight is 475 g/mol. The molecule has 1 aromatic rings. The van der Waals surface area contributed by atoms with Gasteiger partial charge in [0.2, 0.25) is 17.7 Å². The maximum absolute atomic E-state index is 13.8. The summed E-state index contributed by atoms with van der Waals surface area (Å²) in [6.07, 6.45) is 0.195. The van der Waals surface area contributed by atoms with Crippen molar-refractivity contribution in [1.82, 2.24) is 15.5 Å². The molecule has 4 amide bonds. The van der Waals surface area contributed by atoms with Crippen molar-refractivity contribution < 1.29 is 23.9 Å². The van der Waals surface area contributed by atoms with Crippen molar-refractivity contribution in [3.8, 4) is 0 Å². The maximum atomic E-state index is 13.8. The van der Waals surface area contributed by atoms with Crippen molar-refractivity contribution >= 4 is 23.8 Å². The molecule has 0 radical (unpaired) electrons. The van der Waals surface area contributed by atoms with E-state index in [0.717, 1.165) is 24.0 Å². The predicted molar refractivity (Wildman–Crippen MR) is 129 cm³/mol. The number of alkyl carbamates (subject to hydrolysis) is 1. The topological polar surface area (TPSA) is 131 Å². The van der Waals surface area contributed by atoms with Gasteiger partial charge in [0.25, 0.3) is 0 Å². The van der Waals surface area contributed by atoms with Crippen LogP contribution in [0.25, 0.3) is 0 Å². The highest BCUT2D eigenvalue weighted by Crippen LogP contribution is 2.37. The number of nitrogens with zero attached hydrogens (tertiary/aromatic N) is 1. The highest BCUT2D eigenvalue weighted by Gasteiger charge is 2.44. The normalized spacial score (nSPS) is 15.3. The summed E-state index contributed by atoms with van der Waals surface area (Å²) in [7, 11) is 0. The predicted octanol–water partition coefficient (Wildman–Crippen LogP) is 2.63. The highest BCUT2D eigenvalue weighted by atomic mass is 16.6. The number of ether oxygens (including phenoxy) is 1. The summed E-state index contributed by atoms with van der Waals surface area (Å²) >= 11 is 0. The van der Waals surface area contributed by atoms with Gasteiger partial charge < -0.3 is 26.0 Å². The molecule has 1 aliphatic rings. The van der Waals surface area contributed by atoms with E-state index in [1.54, 1.807) is 20.8 Å². The molecule has 0 bridgehead atoms. The van der Waals surface area contributed by atoms with Crippen molar-refractivity contribution in [3.63, 3.8) is 0 Å². The molecule has 0 aromatic heterocycles. The lowest BCUT2D eigenvalue weighted by Gasteiger charge is -2.35. The highest BCUT2D eigenvalue weighted by molar-refractivity contribution is 5.95. The second kappa shape index (κ2) is 10.9. The first-order chi connectivity index (χ1) is 15.7. The number of primary amides is 1. The largest absolute Gasteiger partial charge is 0.444 e. The molecule has 0 heterocycles. The Labute approximate surface area is 201 Å². The van der Waals surface area contributed by atoms with Crippen LogP contribution in [0.2, 0.25) is 0 Å². The van der Waals surface area contributed by atoms with Gasteiger partial charge in [0.05, 0.1) is 6.42 Å². The van der Waals surface area contributed by atoms with Gasteiger partial charge in [-0.2, -0.15) is 0 Å². The Morgan fingerprint density at radius 2 is 1.74 bits per heavy atom. The van der Waals surface area contributed by atoms with Crippen molar-refractivity contribution in [2.24, 2.45) is 5.73 Å². The molecular weight excluding hydrogens is 436 g/mol. The number of carbonyl (C=O) groups is 4. The summed E-state index contributed by atoms with van der Waals surface area (Å²) in [6.45, 7) is 12.6. The molecule has 2 rings (SSSR count). The first-order valence-electron chi connectivity index (χ1n) is 11.7. The summed E-state index contributed by atoms with van der Waals surface area (Å²) in [5, 5.41) is 5.42. The van der Waals surface area contributed by atoms with E-state index in [1.807, 2.05) is 45.9 Å². The van der Waals surface area contributed by atoms with Crippen molar-refractivity contribution in [3.05, 3.63) is 34.9 Å². The zero-order valence-electron chi connectivity index (χ0n) is 21.2. The first-order valence-corrected chi connectivity index (χ1v) is 11.7. The van der Waals surface area contributed by atoms with Gasteiger partial charge in [-0.3, -0.25) is 14.4 Å². The van der Waals surface area contributed by atoms with Crippen molar-refractivity contribution in [2.75, 3.05) is 0 Å². The summed E-state index contributed by atoms with van der Waals surface area (Å²) in [4.78, 5) is 53.0. The van der Waals surface area contributed by atoms with Crippen LogP contribution < -0.4 is 16.4 Å². The second-order valence-electron chi connectivity index (χ2n) is 10.3. The summed E-state index contributed by atoms with van der Waals surface area (Å²) in [6, 6.07) is 3.25. The fourth-order valence-electron chi connectivity index (χ4n) is 3.74. The van der Waals surface area contributed by atoms with Gasteiger partial charge in [0.1, 0.15) is 17.7 Å². The van der Waals surface area contributed by atoms with E-state index in [4.69, 9.17) is 10.5 Å². The molecule has 9 nitrogen and oxygen atoms in total. The van der Waals surface area contributed by atoms with Gasteiger partial charge in [0.15, 0.2) is 0 Å². The SMILES string of the molecule is Cc1ccc(C)c(C(C(=O)NC(C)C)N(C(=O)C(CC(N)=O)NC(=O)OC(C)(C)C)C2CC2)c1. The molecule has 1 fully saturated rings. The molecule has 9 heteroatoms. The van der Waals surface area contributed by atoms with Gasteiger partial charge in [0, 0.05) is 12.1 Å². The van der Waals surface area contributed by atoms with E-state index in [9.17, 15) is 19.2 Å². The average Bonchev–Trinajstić information content (AvgIpc) is 3.49. The Bertz CT molecular complexity index is 934. The summed E-state index contributed by atoms with van der Waals surface area (Å²) in [5.41, 5.74) is 7.12. The number of nitrogens with two attached hydrogens (primary N) is 1. The van der Waals surface area contributed by atoms with E-state index in [1.165, 1.54) is 4.90 Å². The van der Waals surface area contributed by atoms with Crippen LogP contribution in [0.4, 0.5) is 4.79 Å². The smallest absolute Gasteiger partial charge is 0.408 e. The third-order valence-electron chi connectivity index (χ3n) is 5.28. The molecule has 188 valence electrons. The molecule has 1 saturated carbocycles. The second-order valence-corrected chi connectivity index (χ2v) is 10.3. The van der Waals surface area contributed by atoms with E-state index >= 15 is 0 Å². The van der Waals surface area contributed by atoms with Crippen LogP contribution in [0.15, 0.2) is 18.2 Å². The minimum atomic E-state index is -1.26. The minimum absolute atomic E-state index is 0.141. The Kier molecular flexibility index (Phi) is 8.69. The molecule has 34 heavy (non-hydrogen) atoms. The van der Waals surface area contributed by atoms with Gasteiger partial charge in [-0.1, -0.05) is 23.8 Å². The molecule has 1 aliphatic carbocycles. The van der Waals surface area contributed by atoms with Crippen LogP contribution >= 0.6 is 0 Å². The van der Waals surface area contributed by atoms with Crippen LogP contribution in [0, 0.1) is 13.8 Å². The fourth-order valence-corrected chi connectivity index (χ4v) is 3.74. The van der Waals surface area contributed by atoms with Crippen LogP contribution in [-0.2, 0) is 19.1 Å². The Morgan fingerprint density at radius 3 is 2.24 bits per heavy atom. The van der Waals surface area contributed by atoms with Crippen molar-refractivity contribution in [2.45, 2.75) is 97.5 Å². The molecule has 2 unspecified atom stereocenters. The quantitative estimate of drug-likeness (QED) is 0.506. The van der Waals surface area contributed by atoms with E-state index in [0.29, 0.717) is 5.56 Å². The Balaban J connectivity index is 2.50. The lowest BCUT2D eigenvalue weighted by Crippen LogP contribution is -2.55. The van der Waals surface area contributed by atoms with Gasteiger partial charge in [-0.15, -0.1) is 0 Å². The number of rotatable bonds is 9. The molecule has 0 spiro atoms. The van der Waals surface area contributed by atoms with E-state index in [-0.39, 0.29) is 18.0 Å². The number of benzene rings is 1. The van der Waals surface area contributed by atoms with E-state index in [2.05, 4.69) is 10.6 Å². The Hall–Kier alpha value is -3.10. The lowest BCUT2D eigenvalue weighted by atomic mass is 9.95. The lowest BCUT2D eigenvalue weighted by molar-refractivity contribution is -0.144. The van der Waals surface area contributed by atoms with Crippen LogP contribution in [0.1, 0.15) is 76.6 Å². The number of aryl methyl sites for hydroxylation is 2. The molecular formula is C25H38N4O5. The van der Waals surface area contributed by atoms with Crippen molar-refractivity contribution in [1.29, 1.82) is 0 Å². The fraction of sp³-hybridized carbons (Fsp3) is 0.600. The van der Waals surface area contributed by atoms with E-state index < -0.39 is 42.0 Å². The first kappa shape index (κ1) is 27.1. The zero-order valence-corrected chi connectivity index (χ0v) is 21.2. The molecule has 0 saturated heterocycles. The number of amides is 4. The maximum Gasteiger partial charge on any atom is 0.408 e. The summed E-state index contributed by atoms with van der Waals surface area (Å²) in [5.74, 6) is -1.61. The van der Waals surface area contributed by atoms with Crippen LogP contribution in [-0.4, -0.2) is 52.4 Å². The molecule has 2 atom stereocenters.